The maximum atomic E-state index is 13.5. The summed E-state index contributed by atoms with van der Waals surface area (Å²) in [5, 5.41) is 5.93. The Morgan fingerprint density at radius 1 is 0.562 bits per heavy atom. The zero-order valence-electron chi connectivity index (χ0n) is 43.6. The number of carbonyl (C=O) groups excluding carboxylic acids is 4. The number of nitrogens with zero attached hydrogens (tertiary/aromatic N) is 4. The number of aryl methyl sites for hydroxylation is 5. The standard InChI is InChI=1S/C29H32F3N3O3.C29H35N3O3/c1-17(2)11-25(35-10-9-23(14-26(35)37)29(30,31)32)28(38)34-24(12-20(5)36)21-13-22(16-33-15-21)27-18(3)7-6-8-19(27)4;1-18(2)12-26(32-11-10-19(3)13-27(32)34)29(35)31-25(14-22(6)33)23-15-24(17-30-16-23)28-20(4)8-7-9-21(28)5/h6-10,13-17,24-25H,11-12H2,1-5H3,(H,34,38);7-11,13,15-18,25-26H,12,14H2,1-6H3,(H,31,35)/t24-,25+;25-,26+/m00/s1. The van der Waals surface area contributed by atoms with Crippen molar-refractivity contribution in [3.05, 3.63) is 175 Å². The minimum Gasteiger partial charge on any atom is -0.347 e. The Hall–Kier alpha value is -7.29. The van der Waals surface area contributed by atoms with Gasteiger partial charge in [-0.3, -0.25) is 38.7 Å². The molecule has 2 amide bonds. The highest BCUT2D eigenvalue weighted by Crippen LogP contribution is 2.33. The minimum atomic E-state index is -4.67. The van der Waals surface area contributed by atoms with Crippen molar-refractivity contribution in [2.45, 2.75) is 132 Å². The fourth-order valence-electron chi connectivity index (χ4n) is 9.08. The number of nitrogens with one attached hydrogen (secondary N) is 2. The largest absolute Gasteiger partial charge is 0.416 e. The zero-order chi connectivity index (χ0) is 53.9. The van der Waals surface area contributed by atoms with Crippen LogP contribution in [0.25, 0.3) is 22.3 Å². The Bertz CT molecular complexity index is 3030. The van der Waals surface area contributed by atoms with E-state index in [1.54, 1.807) is 31.0 Å². The molecule has 0 fully saturated rings. The first-order valence-electron chi connectivity index (χ1n) is 24.4. The molecule has 0 spiro atoms. The summed E-state index contributed by atoms with van der Waals surface area (Å²) in [6.07, 6.45) is 5.64. The Kier molecular flexibility index (Phi) is 19.3. The van der Waals surface area contributed by atoms with Crippen molar-refractivity contribution >= 4 is 23.4 Å². The van der Waals surface area contributed by atoms with Gasteiger partial charge in [0.15, 0.2) is 0 Å². The molecule has 2 N–H and O–H groups in total. The summed E-state index contributed by atoms with van der Waals surface area (Å²) >= 11 is 0. The Morgan fingerprint density at radius 2 is 0.945 bits per heavy atom. The molecule has 2 aromatic carbocycles. The second-order valence-electron chi connectivity index (χ2n) is 19.9. The number of hydrogen-bond donors (Lipinski definition) is 2. The summed E-state index contributed by atoms with van der Waals surface area (Å²) in [6, 6.07) is 17.5. The van der Waals surface area contributed by atoms with Gasteiger partial charge < -0.3 is 19.8 Å². The lowest BCUT2D eigenvalue weighted by atomic mass is 9.94. The number of alkyl halides is 3. The number of Topliss-reactive ketones (excluding diaryl/α,β-unsaturated/α-hetero) is 2. The molecule has 0 saturated heterocycles. The molecular formula is C58H67F3N6O6. The van der Waals surface area contributed by atoms with Crippen LogP contribution in [-0.4, -0.2) is 42.5 Å². The number of amides is 2. The van der Waals surface area contributed by atoms with E-state index < -0.39 is 47.4 Å². The number of halogens is 3. The van der Waals surface area contributed by atoms with Crippen LogP contribution in [0.3, 0.4) is 0 Å². The molecule has 0 aliphatic rings. The molecule has 0 aliphatic carbocycles. The van der Waals surface area contributed by atoms with Crippen molar-refractivity contribution in [2.24, 2.45) is 11.8 Å². The predicted octanol–water partition coefficient (Wildman–Crippen LogP) is 11.2. The number of aromatic nitrogens is 4. The van der Waals surface area contributed by atoms with Gasteiger partial charge in [-0.05, 0) is 147 Å². The summed E-state index contributed by atoms with van der Waals surface area (Å²) in [4.78, 5) is 85.5. The highest BCUT2D eigenvalue weighted by atomic mass is 19.4. The first-order valence-corrected chi connectivity index (χ1v) is 24.4. The van der Waals surface area contributed by atoms with E-state index in [1.165, 1.54) is 24.5 Å². The highest BCUT2D eigenvalue weighted by Gasteiger charge is 2.33. The van der Waals surface area contributed by atoms with Crippen LogP contribution < -0.4 is 21.8 Å². The van der Waals surface area contributed by atoms with E-state index in [4.69, 9.17) is 0 Å². The molecule has 0 radical (unpaired) electrons. The van der Waals surface area contributed by atoms with E-state index in [1.807, 2.05) is 90.9 Å². The summed E-state index contributed by atoms with van der Waals surface area (Å²) in [7, 11) is 0. The van der Waals surface area contributed by atoms with E-state index in [2.05, 4.69) is 46.6 Å². The first kappa shape index (κ1) is 56.6. The molecule has 73 heavy (non-hydrogen) atoms. The molecule has 4 atom stereocenters. The van der Waals surface area contributed by atoms with E-state index in [0.29, 0.717) is 18.1 Å². The maximum Gasteiger partial charge on any atom is 0.416 e. The number of carbonyl (C=O) groups is 4. The molecule has 15 heteroatoms. The molecule has 4 heterocycles. The summed E-state index contributed by atoms with van der Waals surface area (Å²) in [5.41, 5.74) is 8.23. The quantitative estimate of drug-likeness (QED) is 0.0860. The second-order valence-corrected chi connectivity index (χ2v) is 19.9. The van der Waals surface area contributed by atoms with Gasteiger partial charge in [-0.25, -0.2) is 0 Å². The Morgan fingerprint density at radius 3 is 1.29 bits per heavy atom. The van der Waals surface area contributed by atoms with Crippen LogP contribution in [0, 0.1) is 46.5 Å². The van der Waals surface area contributed by atoms with Gasteiger partial charge in [-0.1, -0.05) is 64.1 Å². The van der Waals surface area contributed by atoms with Crippen LogP contribution in [0.5, 0.6) is 0 Å². The molecule has 4 aromatic heterocycles. The summed E-state index contributed by atoms with van der Waals surface area (Å²) in [6.45, 7) is 20.6. The molecule has 386 valence electrons. The third kappa shape index (κ3) is 15.4. The van der Waals surface area contributed by atoms with Crippen LogP contribution in [-0.2, 0) is 25.4 Å². The van der Waals surface area contributed by atoms with Gasteiger partial charge in [0.1, 0.15) is 23.7 Å². The molecule has 6 aromatic rings. The number of hydrogen-bond acceptors (Lipinski definition) is 8. The maximum absolute atomic E-state index is 13.5. The third-order valence-corrected chi connectivity index (χ3v) is 12.5. The molecule has 0 saturated carbocycles. The predicted molar refractivity (Wildman–Crippen MR) is 279 cm³/mol. The summed E-state index contributed by atoms with van der Waals surface area (Å²) in [5.74, 6) is -0.905. The van der Waals surface area contributed by atoms with Crippen molar-refractivity contribution in [3.63, 3.8) is 0 Å². The third-order valence-electron chi connectivity index (χ3n) is 12.5. The lowest BCUT2D eigenvalue weighted by molar-refractivity contribution is -0.137. The normalized spacial score (nSPS) is 13.1. The lowest BCUT2D eigenvalue weighted by Gasteiger charge is -2.25. The van der Waals surface area contributed by atoms with E-state index in [-0.39, 0.29) is 54.1 Å². The van der Waals surface area contributed by atoms with Gasteiger partial charge in [0, 0.05) is 73.3 Å². The van der Waals surface area contributed by atoms with Crippen molar-refractivity contribution in [1.82, 2.24) is 29.7 Å². The topological polar surface area (TPSA) is 162 Å². The average molecular weight is 1000 g/mol. The monoisotopic (exact) mass is 1000 g/mol. The summed E-state index contributed by atoms with van der Waals surface area (Å²) < 4.78 is 41.8. The molecule has 0 aliphatic heterocycles. The average Bonchev–Trinajstić information content (AvgIpc) is 3.29. The van der Waals surface area contributed by atoms with Crippen molar-refractivity contribution in [3.8, 4) is 22.3 Å². The smallest absolute Gasteiger partial charge is 0.347 e. The Labute approximate surface area is 425 Å². The fourth-order valence-corrected chi connectivity index (χ4v) is 9.08. The molecule has 0 bridgehead atoms. The number of ketones is 2. The van der Waals surface area contributed by atoms with Gasteiger partial charge >= 0.3 is 6.18 Å². The molecule has 6 rings (SSSR count). The van der Waals surface area contributed by atoms with E-state index in [0.717, 1.165) is 72.5 Å². The van der Waals surface area contributed by atoms with Crippen molar-refractivity contribution in [2.75, 3.05) is 0 Å². The lowest BCUT2D eigenvalue weighted by Crippen LogP contribution is -2.40. The van der Waals surface area contributed by atoms with Gasteiger partial charge in [0.2, 0.25) is 11.8 Å². The molecule has 0 unspecified atom stereocenters. The van der Waals surface area contributed by atoms with Gasteiger partial charge in [-0.2, -0.15) is 13.2 Å². The number of benzene rings is 2. The fraction of sp³-hybridized carbons (Fsp3) is 0.379. The second kappa shape index (κ2) is 24.9. The van der Waals surface area contributed by atoms with E-state index in [9.17, 15) is 41.9 Å². The number of pyridine rings is 4. The van der Waals surface area contributed by atoms with Crippen LogP contribution in [0.2, 0.25) is 0 Å². The van der Waals surface area contributed by atoms with Gasteiger partial charge in [0.25, 0.3) is 11.1 Å². The van der Waals surface area contributed by atoms with Crippen LogP contribution in [0.4, 0.5) is 13.2 Å². The van der Waals surface area contributed by atoms with Crippen LogP contribution in [0.1, 0.15) is 136 Å². The Balaban J connectivity index is 0.000000272. The van der Waals surface area contributed by atoms with Crippen molar-refractivity contribution in [1.29, 1.82) is 0 Å². The number of rotatable bonds is 18. The SMILES string of the molecule is CC(=O)C[C@H](NC(=O)[C@@H](CC(C)C)n1ccc(C(F)(F)F)cc1=O)c1cncc(-c2c(C)cccc2C)c1.CC(=O)C[C@H](NC(=O)[C@@H](CC(C)C)n1ccc(C)cc1=O)c1cncc(-c2c(C)cccc2C)c1. The first-order chi connectivity index (χ1) is 34.3. The van der Waals surface area contributed by atoms with Gasteiger partial charge in [0.05, 0.1) is 17.6 Å². The van der Waals surface area contributed by atoms with Crippen LogP contribution in [0.15, 0.2) is 120 Å². The van der Waals surface area contributed by atoms with Gasteiger partial charge in [-0.15, -0.1) is 0 Å². The minimum absolute atomic E-state index is 0.0140. The van der Waals surface area contributed by atoms with Crippen LogP contribution >= 0.6 is 0 Å². The zero-order valence-corrected chi connectivity index (χ0v) is 43.6. The van der Waals surface area contributed by atoms with Crippen molar-refractivity contribution < 1.29 is 32.3 Å². The van der Waals surface area contributed by atoms with E-state index >= 15 is 0 Å². The molecular weight excluding hydrogens is 934 g/mol. The highest BCUT2D eigenvalue weighted by molar-refractivity contribution is 5.84. The molecule has 12 nitrogen and oxygen atoms in total.